The molecule has 6 heteroatoms. The van der Waals surface area contributed by atoms with E-state index in [2.05, 4.69) is 29.6 Å². The molecule has 0 spiro atoms. The molecular weight excluding hydrogens is 362 g/mol. The fraction of sp³-hybridized carbons (Fsp3) is 0.333. The van der Waals surface area contributed by atoms with Gasteiger partial charge in [-0.1, -0.05) is 55.5 Å². The molecule has 1 aliphatic heterocycles. The van der Waals surface area contributed by atoms with Gasteiger partial charge in [-0.15, -0.1) is 0 Å². The van der Waals surface area contributed by atoms with Crippen LogP contribution in [-0.2, 0) is 9.53 Å². The highest BCUT2D eigenvalue weighted by atomic mass is 32.2. The summed E-state index contributed by atoms with van der Waals surface area (Å²) in [6.45, 7) is 2.01. The zero-order chi connectivity index (χ0) is 19.0. The van der Waals surface area contributed by atoms with Gasteiger partial charge in [-0.3, -0.25) is 0 Å². The highest BCUT2D eigenvalue weighted by Crippen LogP contribution is 2.44. The van der Waals surface area contributed by atoms with E-state index >= 15 is 0 Å². The van der Waals surface area contributed by atoms with E-state index in [0.29, 0.717) is 12.2 Å². The number of carbonyl (C=O) groups is 2. The molecule has 1 saturated heterocycles. The number of carboxylic acids is 1. The molecule has 2 atom stereocenters. The lowest BCUT2D eigenvalue weighted by molar-refractivity contribution is -0.144. The van der Waals surface area contributed by atoms with Gasteiger partial charge >= 0.3 is 12.1 Å². The Morgan fingerprint density at radius 3 is 2.26 bits per heavy atom. The second-order valence-corrected chi connectivity index (χ2v) is 8.44. The largest absolute Gasteiger partial charge is 0.479 e. The Morgan fingerprint density at radius 1 is 1.15 bits per heavy atom. The molecule has 1 fully saturated rings. The van der Waals surface area contributed by atoms with Crippen molar-refractivity contribution in [3.05, 3.63) is 59.7 Å². The molecule has 1 heterocycles. The second kappa shape index (κ2) is 6.93. The number of benzene rings is 2. The van der Waals surface area contributed by atoms with Gasteiger partial charge in [0.25, 0.3) is 0 Å². The van der Waals surface area contributed by atoms with Crippen molar-refractivity contribution in [2.75, 3.05) is 12.4 Å². The molecule has 0 bridgehead atoms. The first-order valence-corrected chi connectivity index (χ1v) is 10.1. The van der Waals surface area contributed by atoms with Crippen molar-refractivity contribution in [1.29, 1.82) is 0 Å². The topological polar surface area (TPSA) is 75.6 Å². The summed E-state index contributed by atoms with van der Waals surface area (Å²) >= 11 is 1.55. The normalized spacial score (nSPS) is 23.5. The number of fused-ring (bicyclic) bond motifs is 3. The summed E-state index contributed by atoms with van der Waals surface area (Å²) in [7, 11) is 0. The number of alkyl carbamates (subject to hydrolysis) is 1. The van der Waals surface area contributed by atoms with Crippen LogP contribution in [0.1, 0.15) is 30.4 Å². The highest BCUT2D eigenvalue weighted by molar-refractivity contribution is 8.00. The van der Waals surface area contributed by atoms with Crippen molar-refractivity contribution in [2.24, 2.45) is 0 Å². The summed E-state index contributed by atoms with van der Waals surface area (Å²) in [5.41, 5.74) is 3.32. The van der Waals surface area contributed by atoms with Gasteiger partial charge in [-0.2, -0.15) is 11.8 Å². The smallest absolute Gasteiger partial charge is 0.408 e. The van der Waals surface area contributed by atoms with E-state index in [9.17, 15) is 14.7 Å². The number of rotatable bonds is 4. The van der Waals surface area contributed by atoms with Crippen LogP contribution in [0.15, 0.2) is 48.5 Å². The first-order valence-electron chi connectivity index (χ1n) is 9.01. The molecule has 2 N–H and O–H groups in total. The lowest BCUT2D eigenvalue weighted by Crippen LogP contribution is -2.58. The number of ether oxygens (including phenoxy) is 1. The van der Waals surface area contributed by atoms with E-state index in [1.165, 1.54) is 0 Å². The monoisotopic (exact) mass is 383 g/mol. The van der Waals surface area contributed by atoms with Crippen molar-refractivity contribution in [3.8, 4) is 11.1 Å². The zero-order valence-corrected chi connectivity index (χ0v) is 15.8. The fourth-order valence-corrected chi connectivity index (χ4v) is 5.41. The van der Waals surface area contributed by atoms with Crippen LogP contribution in [0, 0.1) is 0 Å². The van der Waals surface area contributed by atoms with Crippen molar-refractivity contribution >= 4 is 23.8 Å². The molecular formula is C21H21NO4S. The summed E-state index contributed by atoms with van der Waals surface area (Å²) in [4.78, 5) is 24.2. The maximum absolute atomic E-state index is 12.4. The van der Waals surface area contributed by atoms with Crippen LogP contribution < -0.4 is 5.32 Å². The third-order valence-corrected chi connectivity index (χ3v) is 6.95. The molecule has 0 aromatic heterocycles. The minimum Gasteiger partial charge on any atom is -0.479 e. The molecule has 1 aliphatic carbocycles. The van der Waals surface area contributed by atoms with Crippen molar-refractivity contribution in [1.82, 2.24) is 5.32 Å². The third kappa shape index (κ3) is 2.98. The second-order valence-electron chi connectivity index (χ2n) is 6.99. The van der Waals surface area contributed by atoms with Crippen LogP contribution in [-0.4, -0.2) is 40.3 Å². The van der Waals surface area contributed by atoms with Gasteiger partial charge in [0.05, 0.1) is 0 Å². The molecule has 27 heavy (non-hydrogen) atoms. The molecule has 2 aromatic carbocycles. The van der Waals surface area contributed by atoms with Gasteiger partial charge in [-0.05, 0) is 34.4 Å². The van der Waals surface area contributed by atoms with Gasteiger partial charge < -0.3 is 15.2 Å². The minimum atomic E-state index is -1.26. The summed E-state index contributed by atoms with van der Waals surface area (Å²) in [6.07, 6.45) is -0.271. The van der Waals surface area contributed by atoms with E-state index in [4.69, 9.17) is 4.74 Å². The lowest BCUT2D eigenvalue weighted by atomic mass is 9.93. The number of thioether (sulfide) groups is 1. The van der Waals surface area contributed by atoms with Crippen LogP contribution in [0.25, 0.3) is 11.1 Å². The van der Waals surface area contributed by atoms with Crippen LogP contribution in [0.4, 0.5) is 4.79 Å². The van der Waals surface area contributed by atoms with Gasteiger partial charge in [0.1, 0.15) is 6.61 Å². The minimum absolute atomic E-state index is 0.0423. The fourth-order valence-electron chi connectivity index (χ4n) is 4.06. The van der Waals surface area contributed by atoms with E-state index in [0.717, 1.165) is 22.3 Å². The third-order valence-electron chi connectivity index (χ3n) is 5.61. The molecule has 1 amide bonds. The Kier molecular flexibility index (Phi) is 4.60. The van der Waals surface area contributed by atoms with Crippen molar-refractivity contribution in [3.63, 3.8) is 0 Å². The number of hydrogen-bond acceptors (Lipinski definition) is 4. The highest BCUT2D eigenvalue weighted by Gasteiger charge is 2.49. The summed E-state index contributed by atoms with van der Waals surface area (Å²) in [5.74, 6) is -0.343. The summed E-state index contributed by atoms with van der Waals surface area (Å²) < 4.78 is 5.50. The van der Waals surface area contributed by atoms with Crippen LogP contribution >= 0.6 is 11.8 Å². The molecule has 140 valence electrons. The van der Waals surface area contributed by atoms with Crippen LogP contribution in [0.5, 0.6) is 0 Å². The quantitative estimate of drug-likeness (QED) is 0.838. The van der Waals surface area contributed by atoms with E-state index in [1.54, 1.807) is 11.8 Å². The Morgan fingerprint density at radius 2 is 1.74 bits per heavy atom. The van der Waals surface area contributed by atoms with Crippen LogP contribution in [0.2, 0.25) is 0 Å². The maximum Gasteiger partial charge on any atom is 0.408 e. The first-order chi connectivity index (χ1) is 13.0. The van der Waals surface area contributed by atoms with Gasteiger partial charge in [-0.25, -0.2) is 9.59 Å². The number of carboxylic acid groups (broad SMARTS) is 1. The summed E-state index contributed by atoms with van der Waals surface area (Å²) in [6, 6.07) is 16.2. The molecule has 0 radical (unpaired) electrons. The molecule has 2 aliphatic rings. The molecule has 2 aromatic rings. The number of carbonyl (C=O) groups excluding carboxylic acids is 1. The van der Waals surface area contributed by atoms with E-state index < -0.39 is 17.6 Å². The average Bonchev–Trinajstić information content (AvgIpc) is 3.19. The Bertz CT molecular complexity index is 854. The standard InChI is InChI=1S/C21H21NO4S/c1-13-21(19(23)24,10-11-27-13)22-20(25)26-12-18-16-8-4-2-6-14(16)15-7-3-5-9-17(15)18/h2-9,13,18H,10-12H2,1H3,(H,22,25)(H,23,24). The van der Waals surface area contributed by atoms with Gasteiger partial charge in [0.2, 0.25) is 0 Å². The SMILES string of the molecule is CC1SCCC1(NC(=O)OCC1c2ccccc2-c2ccccc21)C(=O)O. The number of aliphatic carboxylic acids is 1. The predicted molar refractivity (Wildman–Crippen MR) is 105 cm³/mol. The number of nitrogens with one attached hydrogen (secondary N) is 1. The van der Waals surface area contributed by atoms with Crippen molar-refractivity contribution in [2.45, 2.75) is 30.1 Å². The summed E-state index contributed by atoms with van der Waals surface area (Å²) in [5, 5.41) is 12.1. The van der Waals surface area contributed by atoms with Crippen molar-refractivity contribution < 1.29 is 19.4 Å². The maximum atomic E-state index is 12.4. The molecule has 4 rings (SSSR count). The zero-order valence-electron chi connectivity index (χ0n) is 15.0. The first kappa shape index (κ1) is 17.9. The molecule has 5 nitrogen and oxygen atoms in total. The van der Waals surface area contributed by atoms with Gasteiger partial charge in [0.15, 0.2) is 5.54 Å². The Hall–Kier alpha value is -2.47. The number of hydrogen-bond donors (Lipinski definition) is 2. The average molecular weight is 383 g/mol. The van der Waals surface area contributed by atoms with E-state index in [1.807, 2.05) is 31.2 Å². The number of amides is 1. The Labute approximate surface area is 162 Å². The Balaban J connectivity index is 1.51. The van der Waals surface area contributed by atoms with Crippen LogP contribution in [0.3, 0.4) is 0 Å². The van der Waals surface area contributed by atoms with E-state index in [-0.39, 0.29) is 17.8 Å². The lowest BCUT2D eigenvalue weighted by Gasteiger charge is -2.29. The van der Waals surface area contributed by atoms with Gasteiger partial charge in [0, 0.05) is 11.2 Å². The predicted octanol–water partition coefficient (Wildman–Crippen LogP) is 3.87. The molecule has 2 unspecified atom stereocenters. The molecule has 0 saturated carbocycles.